The number of carbonyl (C=O) groups excluding carboxylic acids is 1. The summed E-state index contributed by atoms with van der Waals surface area (Å²) in [5.41, 5.74) is -0.340. The topological polar surface area (TPSA) is 64.7 Å². The van der Waals surface area contributed by atoms with Gasteiger partial charge in [-0.25, -0.2) is 0 Å². The molecule has 2 aromatic heterocycles. The third-order valence-corrected chi connectivity index (χ3v) is 4.95. The van der Waals surface area contributed by atoms with E-state index in [0.29, 0.717) is 16.6 Å². The van der Waals surface area contributed by atoms with Crippen molar-refractivity contribution in [3.63, 3.8) is 0 Å². The van der Waals surface area contributed by atoms with E-state index in [-0.39, 0.29) is 35.6 Å². The van der Waals surface area contributed by atoms with Crippen LogP contribution in [0.5, 0.6) is 0 Å². The van der Waals surface area contributed by atoms with Crippen LogP contribution >= 0.6 is 27.5 Å². The van der Waals surface area contributed by atoms with Crippen LogP contribution in [0.1, 0.15) is 47.1 Å². The number of nitrogens with one attached hydrogen (secondary N) is 1. The maximum atomic E-state index is 13.0. The molecule has 1 aliphatic carbocycles. The van der Waals surface area contributed by atoms with Crippen molar-refractivity contribution in [2.24, 2.45) is 7.05 Å². The number of amides is 1. The lowest BCUT2D eigenvalue weighted by Crippen LogP contribution is -2.26. The minimum absolute atomic E-state index is 0.0326. The van der Waals surface area contributed by atoms with E-state index in [1.165, 1.54) is 9.36 Å². The van der Waals surface area contributed by atoms with E-state index in [0.717, 1.165) is 12.8 Å². The number of aromatic nitrogens is 4. The summed E-state index contributed by atoms with van der Waals surface area (Å²) in [5.74, 6) is -0.320. The summed E-state index contributed by atoms with van der Waals surface area (Å²) in [7, 11) is 1.70. The predicted molar refractivity (Wildman–Crippen MR) is 92.1 cm³/mol. The first-order chi connectivity index (χ1) is 12.2. The van der Waals surface area contributed by atoms with Crippen LogP contribution < -0.4 is 5.32 Å². The monoisotopic (exact) mass is 453 g/mol. The van der Waals surface area contributed by atoms with Gasteiger partial charge in [0.25, 0.3) is 5.91 Å². The molecule has 0 aliphatic heterocycles. The zero-order valence-corrected chi connectivity index (χ0v) is 16.1. The Kier molecular flexibility index (Phi) is 5.34. The predicted octanol–water partition coefficient (Wildman–Crippen LogP) is 3.75. The summed E-state index contributed by atoms with van der Waals surface area (Å²) < 4.78 is 42.5. The molecule has 1 fully saturated rings. The SMILES string of the molecule is Cn1cc(Br)c(C(=O)NCCCn2nc(C(F)(F)F)c(Cl)c2C2CC2)n1. The summed E-state index contributed by atoms with van der Waals surface area (Å²) in [6.45, 7) is 0.524. The maximum Gasteiger partial charge on any atom is 0.436 e. The molecule has 1 N–H and O–H groups in total. The van der Waals surface area contributed by atoms with Gasteiger partial charge < -0.3 is 5.32 Å². The van der Waals surface area contributed by atoms with Crippen LogP contribution in [-0.4, -0.2) is 32.0 Å². The molecule has 26 heavy (non-hydrogen) atoms. The lowest BCUT2D eigenvalue weighted by Gasteiger charge is -2.08. The van der Waals surface area contributed by atoms with Gasteiger partial charge in [0.15, 0.2) is 11.4 Å². The van der Waals surface area contributed by atoms with Gasteiger partial charge >= 0.3 is 6.18 Å². The Balaban J connectivity index is 1.61. The second-order valence-electron chi connectivity index (χ2n) is 6.15. The molecule has 0 unspecified atom stereocenters. The Bertz CT molecular complexity index is 828. The molecule has 0 atom stereocenters. The van der Waals surface area contributed by atoms with Crippen LogP contribution in [0.15, 0.2) is 10.7 Å². The van der Waals surface area contributed by atoms with Crippen molar-refractivity contribution in [3.8, 4) is 0 Å². The van der Waals surface area contributed by atoms with Crippen molar-refractivity contribution in [2.75, 3.05) is 6.54 Å². The smallest absolute Gasteiger partial charge is 0.351 e. The molecule has 0 saturated heterocycles. The van der Waals surface area contributed by atoms with E-state index in [2.05, 4.69) is 31.4 Å². The van der Waals surface area contributed by atoms with Gasteiger partial charge in [-0.1, -0.05) is 11.6 Å². The molecule has 0 radical (unpaired) electrons. The molecule has 0 aromatic carbocycles. The fraction of sp³-hybridized carbons (Fsp3) is 0.533. The third kappa shape index (κ3) is 4.06. The minimum Gasteiger partial charge on any atom is -0.351 e. The van der Waals surface area contributed by atoms with Crippen molar-refractivity contribution in [3.05, 3.63) is 32.8 Å². The van der Waals surface area contributed by atoms with Crippen molar-refractivity contribution >= 4 is 33.4 Å². The Morgan fingerprint density at radius 1 is 1.42 bits per heavy atom. The molecular formula is C15H16BrClF3N5O. The number of halogens is 5. The van der Waals surface area contributed by atoms with E-state index in [1.54, 1.807) is 13.2 Å². The first kappa shape index (κ1) is 19.2. The van der Waals surface area contributed by atoms with Crippen LogP contribution in [0, 0.1) is 0 Å². The highest BCUT2D eigenvalue weighted by molar-refractivity contribution is 9.10. The van der Waals surface area contributed by atoms with Gasteiger partial charge in [-0.3, -0.25) is 14.2 Å². The van der Waals surface area contributed by atoms with E-state index in [9.17, 15) is 18.0 Å². The summed E-state index contributed by atoms with van der Waals surface area (Å²) >= 11 is 9.17. The number of hydrogen-bond donors (Lipinski definition) is 1. The van der Waals surface area contributed by atoms with Gasteiger partial charge in [0.2, 0.25) is 0 Å². The van der Waals surface area contributed by atoms with Gasteiger partial charge in [0, 0.05) is 32.3 Å². The van der Waals surface area contributed by atoms with Crippen LogP contribution in [0.25, 0.3) is 0 Å². The second kappa shape index (κ2) is 7.22. The van der Waals surface area contributed by atoms with Gasteiger partial charge in [0.1, 0.15) is 0 Å². The van der Waals surface area contributed by atoms with Gasteiger partial charge in [0.05, 0.1) is 15.2 Å². The lowest BCUT2D eigenvalue weighted by atomic mass is 10.2. The van der Waals surface area contributed by atoms with E-state index >= 15 is 0 Å². The molecule has 0 spiro atoms. The molecule has 1 amide bonds. The Morgan fingerprint density at radius 3 is 2.65 bits per heavy atom. The largest absolute Gasteiger partial charge is 0.436 e. The molecular weight excluding hydrogens is 439 g/mol. The third-order valence-electron chi connectivity index (χ3n) is 4.00. The van der Waals surface area contributed by atoms with Crippen molar-refractivity contribution in [1.29, 1.82) is 0 Å². The normalized spacial score (nSPS) is 14.7. The van der Waals surface area contributed by atoms with Crippen molar-refractivity contribution < 1.29 is 18.0 Å². The Labute approximate surface area is 160 Å². The number of carbonyl (C=O) groups is 1. The average molecular weight is 455 g/mol. The quantitative estimate of drug-likeness (QED) is 0.676. The first-order valence-corrected chi connectivity index (χ1v) is 9.16. The number of aryl methyl sites for hydroxylation is 2. The van der Waals surface area contributed by atoms with Gasteiger partial charge in [-0.05, 0) is 35.2 Å². The maximum absolute atomic E-state index is 13.0. The zero-order chi connectivity index (χ0) is 19.1. The summed E-state index contributed by atoms with van der Waals surface area (Å²) in [5, 5.41) is 10.1. The molecule has 1 aliphatic rings. The van der Waals surface area contributed by atoms with Gasteiger partial charge in [-0.15, -0.1) is 0 Å². The highest BCUT2D eigenvalue weighted by Gasteiger charge is 2.41. The Hall–Kier alpha value is -1.55. The minimum atomic E-state index is -4.58. The van der Waals surface area contributed by atoms with E-state index in [1.807, 2.05) is 0 Å². The first-order valence-electron chi connectivity index (χ1n) is 7.99. The van der Waals surface area contributed by atoms with Gasteiger partial charge in [-0.2, -0.15) is 23.4 Å². The molecule has 142 valence electrons. The van der Waals surface area contributed by atoms with E-state index < -0.39 is 11.9 Å². The zero-order valence-electron chi connectivity index (χ0n) is 13.8. The second-order valence-corrected chi connectivity index (χ2v) is 7.38. The highest BCUT2D eigenvalue weighted by atomic mass is 79.9. The highest BCUT2D eigenvalue weighted by Crippen LogP contribution is 2.46. The van der Waals surface area contributed by atoms with Crippen LogP contribution in [-0.2, 0) is 19.8 Å². The standard InChI is InChI=1S/C15H16BrClF3N5O/c1-24-7-9(16)11(22-24)14(26)21-5-2-6-25-12(8-3-4-8)10(17)13(23-25)15(18,19)20/h7-8H,2-6H2,1H3,(H,21,26). The number of rotatable bonds is 6. The fourth-order valence-corrected chi connectivity index (χ4v) is 3.63. The molecule has 1 saturated carbocycles. The molecule has 2 heterocycles. The van der Waals surface area contributed by atoms with E-state index in [4.69, 9.17) is 11.6 Å². The molecule has 6 nitrogen and oxygen atoms in total. The molecule has 3 rings (SSSR count). The fourth-order valence-electron chi connectivity index (χ4n) is 2.68. The summed E-state index contributed by atoms with van der Waals surface area (Å²) in [6, 6.07) is 0. The molecule has 2 aromatic rings. The van der Waals surface area contributed by atoms with Crippen LogP contribution in [0.4, 0.5) is 13.2 Å². The lowest BCUT2D eigenvalue weighted by molar-refractivity contribution is -0.141. The summed E-state index contributed by atoms with van der Waals surface area (Å²) in [4.78, 5) is 12.1. The molecule has 11 heteroatoms. The molecule has 0 bridgehead atoms. The Morgan fingerprint density at radius 2 is 2.12 bits per heavy atom. The number of alkyl halides is 3. The van der Waals surface area contributed by atoms with Crippen molar-refractivity contribution in [1.82, 2.24) is 24.9 Å². The number of hydrogen-bond acceptors (Lipinski definition) is 3. The summed E-state index contributed by atoms with van der Waals surface area (Å²) in [6.07, 6.45) is -0.877. The number of nitrogens with zero attached hydrogens (tertiary/aromatic N) is 4. The van der Waals surface area contributed by atoms with Crippen LogP contribution in [0.2, 0.25) is 5.02 Å². The van der Waals surface area contributed by atoms with Crippen LogP contribution in [0.3, 0.4) is 0 Å². The average Bonchev–Trinajstić information content (AvgIpc) is 3.23. The van der Waals surface area contributed by atoms with Crippen molar-refractivity contribution in [2.45, 2.75) is 37.9 Å².